The van der Waals surface area contributed by atoms with Gasteiger partial charge in [-0.1, -0.05) is 43.1 Å². The van der Waals surface area contributed by atoms with Gasteiger partial charge in [-0.25, -0.2) is 18.0 Å². The van der Waals surface area contributed by atoms with Crippen LogP contribution in [0.15, 0.2) is 23.8 Å². The first-order valence-corrected chi connectivity index (χ1v) is 13.3. The van der Waals surface area contributed by atoms with E-state index >= 15 is 8.78 Å². The number of aliphatic hydroxyl groups is 1. The van der Waals surface area contributed by atoms with E-state index < -0.39 is 79.8 Å². The minimum atomic E-state index is -2.36. The third-order valence-electron chi connectivity index (χ3n) is 9.10. The Balaban J connectivity index is 1.87. The molecule has 1 N–H and O–H groups in total. The number of allylic oxidation sites excluding steroid dienone is 4. The molecule has 3 saturated carbocycles. The number of fused-ring (bicyclic) bond motifs is 5. The van der Waals surface area contributed by atoms with Crippen molar-refractivity contribution in [2.75, 3.05) is 6.01 Å². The Labute approximate surface area is 215 Å². The summed E-state index contributed by atoms with van der Waals surface area (Å²) < 4.78 is 51.7. The van der Waals surface area contributed by atoms with E-state index in [1.54, 1.807) is 13.8 Å². The number of thioether (sulfide) groups is 1. The summed E-state index contributed by atoms with van der Waals surface area (Å²) in [6.07, 6.45) is -0.274. The maximum atomic E-state index is 17.2. The first-order chi connectivity index (χ1) is 16.2. The van der Waals surface area contributed by atoms with Crippen molar-refractivity contribution >= 4 is 51.8 Å². The molecule has 3 fully saturated rings. The number of hydrogen-bond acceptors (Lipinski definition) is 6. The van der Waals surface area contributed by atoms with E-state index in [9.17, 15) is 23.9 Å². The van der Waals surface area contributed by atoms with Crippen molar-refractivity contribution < 1.29 is 37.4 Å². The molecule has 0 spiro atoms. The number of carbonyl (C=O) groups is 3. The van der Waals surface area contributed by atoms with Crippen LogP contribution in [0.4, 0.5) is 13.2 Å². The molecule has 0 saturated heterocycles. The topological polar surface area (TPSA) is 80.7 Å². The van der Waals surface area contributed by atoms with Crippen LogP contribution in [-0.4, -0.2) is 56.4 Å². The van der Waals surface area contributed by atoms with E-state index in [1.165, 1.54) is 19.1 Å². The predicted molar refractivity (Wildman–Crippen MR) is 126 cm³/mol. The second-order valence-electron chi connectivity index (χ2n) is 10.5. The molecule has 11 heteroatoms. The number of carbonyl (C=O) groups excluding carboxylic acids is 3. The zero-order valence-electron chi connectivity index (χ0n) is 19.4. The molecule has 0 amide bonds. The summed E-state index contributed by atoms with van der Waals surface area (Å²) in [6, 6.07) is -1.09. The maximum absolute atomic E-state index is 17.2. The fourth-order valence-corrected chi connectivity index (χ4v) is 8.46. The first-order valence-electron chi connectivity index (χ1n) is 11.4. The monoisotopic (exact) mass is 554 g/mol. The van der Waals surface area contributed by atoms with Crippen molar-refractivity contribution in [3.63, 3.8) is 0 Å². The van der Waals surface area contributed by atoms with Crippen LogP contribution >= 0.6 is 35.0 Å². The van der Waals surface area contributed by atoms with Gasteiger partial charge in [0.1, 0.15) is 12.2 Å². The second kappa shape index (κ2) is 8.77. The Morgan fingerprint density at radius 2 is 1.94 bits per heavy atom. The van der Waals surface area contributed by atoms with Crippen molar-refractivity contribution in [3.8, 4) is 0 Å². The Kier molecular flexibility index (Phi) is 6.77. The third kappa shape index (κ3) is 3.43. The molecule has 4 aliphatic rings. The molecule has 0 radical (unpaired) electrons. The average Bonchev–Trinajstić information content (AvgIpc) is 2.99. The molecular formula is C24H27Cl2F3O5S. The molecule has 194 valence electrons. The number of halogens is 5. The van der Waals surface area contributed by atoms with Gasteiger partial charge in [-0.05, 0) is 61.6 Å². The minimum absolute atomic E-state index is 0.0219. The van der Waals surface area contributed by atoms with Gasteiger partial charge < -0.3 is 9.84 Å². The molecule has 0 unspecified atom stereocenters. The van der Waals surface area contributed by atoms with Crippen LogP contribution in [0, 0.1) is 28.6 Å². The van der Waals surface area contributed by atoms with E-state index in [1.807, 2.05) is 0 Å². The molecule has 0 aromatic carbocycles. The summed E-state index contributed by atoms with van der Waals surface area (Å²) in [5.74, 6) is -4.08. The fraction of sp³-hybridized carbons (Fsp3) is 0.708. The van der Waals surface area contributed by atoms with Crippen LogP contribution in [0.3, 0.4) is 0 Å². The van der Waals surface area contributed by atoms with Crippen LogP contribution in [-0.2, 0) is 19.1 Å². The molecule has 0 aromatic rings. The number of aliphatic hydroxyl groups excluding tert-OH is 1. The molecule has 0 aliphatic heterocycles. The van der Waals surface area contributed by atoms with Gasteiger partial charge in [0.15, 0.2) is 17.1 Å². The quantitative estimate of drug-likeness (QED) is 0.396. The summed E-state index contributed by atoms with van der Waals surface area (Å²) in [7, 11) is 0. The number of alkyl halides is 5. The van der Waals surface area contributed by atoms with Gasteiger partial charge in [-0.15, -0.1) is 0 Å². The number of ketones is 1. The first kappa shape index (κ1) is 27.0. The average molecular weight is 555 g/mol. The van der Waals surface area contributed by atoms with Gasteiger partial charge in [-0.2, -0.15) is 0 Å². The van der Waals surface area contributed by atoms with Gasteiger partial charge in [-0.3, -0.25) is 9.59 Å². The van der Waals surface area contributed by atoms with Gasteiger partial charge in [0.05, 0.1) is 6.10 Å². The van der Waals surface area contributed by atoms with Crippen molar-refractivity contribution in [1.29, 1.82) is 0 Å². The molecule has 35 heavy (non-hydrogen) atoms. The van der Waals surface area contributed by atoms with Crippen LogP contribution in [0.25, 0.3) is 0 Å². The van der Waals surface area contributed by atoms with Crippen LogP contribution in [0.1, 0.15) is 40.0 Å². The Morgan fingerprint density at radius 1 is 1.29 bits per heavy atom. The SMILES string of the molecule is C[C@@H]1C[C@H]2[C@@H]3C[C@H](F)C4=CC(=O)C=C[C@]4(C)[C@@]3(F)[C@@H](O)C[C@]2(C)[C@@]1(OC(=O)C(Cl)Cl)C(=O)SCF. The summed E-state index contributed by atoms with van der Waals surface area (Å²) in [5, 5.41) is 10.6. The summed E-state index contributed by atoms with van der Waals surface area (Å²) in [6.45, 7) is 4.68. The van der Waals surface area contributed by atoms with E-state index in [-0.39, 0.29) is 24.8 Å². The maximum Gasteiger partial charge on any atom is 0.340 e. The largest absolute Gasteiger partial charge is 0.447 e. The van der Waals surface area contributed by atoms with Crippen molar-refractivity contribution in [2.45, 2.75) is 68.4 Å². The van der Waals surface area contributed by atoms with Crippen molar-refractivity contribution in [2.24, 2.45) is 28.6 Å². The van der Waals surface area contributed by atoms with Gasteiger partial charge in [0, 0.05) is 22.7 Å². The number of hydrogen-bond donors (Lipinski definition) is 1. The molecule has 5 nitrogen and oxygen atoms in total. The zero-order chi connectivity index (χ0) is 26.1. The highest BCUT2D eigenvalue weighted by molar-refractivity contribution is 8.13. The zero-order valence-corrected chi connectivity index (χ0v) is 21.7. The van der Waals surface area contributed by atoms with Gasteiger partial charge in [0.25, 0.3) is 0 Å². The fourth-order valence-electron chi connectivity index (χ4n) is 7.58. The van der Waals surface area contributed by atoms with E-state index in [0.29, 0.717) is 11.8 Å². The molecule has 4 rings (SSSR count). The lowest BCUT2D eigenvalue weighted by Gasteiger charge is -2.63. The highest BCUT2D eigenvalue weighted by Gasteiger charge is 2.78. The smallest absolute Gasteiger partial charge is 0.340 e. The van der Waals surface area contributed by atoms with E-state index in [4.69, 9.17) is 27.9 Å². The second-order valence-corrected chi connectivity index (χ2v) is 12.5. The normalized spacial score (nSPS) is 46.5. The van der Waals surface area contributed by atoms with E-state index in [2.05, 4.69) is 0 Å². The van der Waals surface area contributed by atoms with Crippen LogP contribution in [0.2, 0.25) is 0 Å². The highest BCUT2D eigenvalue weighted by atomic mass is 35.5. The number of esters is 1. The van der Waals surface area contributed by atoms with E-state index in [0.717, 1.165) is 6.08 Å². The van der Waals surface area contributed by atoms with Gasteiger partial charge >= 0.3 is 5.97 Å². The lowest BCUT2D eigenvalue weighted by atomic mass is 9.44. The molecular weight excluding hydrogens is 528 g/mol. The highest BCUT2D eigenvalue weighted by Crippen LogP contribution is 2.72. The van der Waals surface area contributed by atoms with Crippen LogP contribution in [0.5, 0.6) is 0 Å². The number of rotatable bonds is 4. The molecule has 0 aromatic heterocycles. The predicted octanol–water partition coefficient (Wildman–Crippen LogP) is 4.82. The Hall–Kier alpha value is -1.03. The standard InChI is InChI=1S/C24H27Cl2F3O5S/c1-11-6-13-14-8-16(28)15-7-12(30)4-5-21(15,2)23(14,29)17(31)9-22(13,3)24(11,20(33)35-10-27)34-19(32)18(25)26/h4-5,7,11,13-14,16-18,31H,6,8-10H2,1-3H3/t11-,13+,14+,16+,17+,21+,22+,23+,24+/m1/s1. The summed E-state index contributed by atoms with van der Waals surface area (Å²) in [5.41, 5.74) is -7.30. The molecule has 0 bridgehead atoms. The molecule has 9 atom stereocenters. The van der Waals surface area contributed by atoms with Crippen LogP contribution < -0.4 is 0 Å². The summed E-state index contributed by atoms with van der Waals surface area (Å²) >= 11 is 11.7. The van der Waals surface area contributed by atoms with Crippen molar-refractivity contribution in [3.05, 3.63) is 23.8 Å². The Morgan fingerprint density at radius 3 is 2.54 bits per heavy atom. The van der Waals surface area contributed by atoms with Crippen molar-refractivity contribution in [1.82, 2.24) is 0 Å². The molecule has 4 aliphatic carbocycles. The molecule has 0 heterocycles. The third-order valence-corrected chi connectivity index (χ3v) is 10.1. The Bertz CT molecular complexity index is 1020. The number of ether oxygens (including phenoxy) is 1. The minimum Gasteiger partial charge on any atom is -0.447 e. The van der Waals surface area contributed by atoms with Gasteiger partial charge in [0.2, 0.25) is 9.95 Å². The summed E-state index contributed by atoms with van der Waals surface area (Å²) in [4.78, 5) is 36.3. The lowest BCUT2D eigenvalue weighted by Crippen LogP contribution is -2.70. The lowest BCUT2D eigenvalue weighted by molar-refractivity contribution is -0.228.